The van der Waals surface area contributed by atoms with E-state index in [9.17, 15) is 0 Å². The molecular weight excluding hydrogens is 232 g/mol. The van der Waals surface area contributed by atoms with Crippen LogP contribution in [0.25, 0.3) is 0 Å². The Bertz CT molecular complexity index is 252. The third kappa shape index (κ3) is 4.46. The van der Waals surface area contributed by atoms with Crippen molar-refractivity contribution in [3.05, 3.63) is 0 Å². The highest BCUT2D eigenvalue weighted by Gasteiger charge is 2.35. The monoisotopic (exact) mass is 266 g/mol. The Hall–Kier alpha value is -0.0800. The van der Waals surface area contributed by atoms with E-state index >= 15 is 0 Å². The molecule has 1 saturated heterocycles. The molecule has 1 heterocycles. The zero-order valence-corrected chi connectivity index (χ0v) is 13.3. The van der Waals surface area contributed by atoms with Crippen LogP contribution in [0.4, 0.5) is 0 Å². The van der Waals surface area contributed by atoms with E-state index in [-0.39, 0.29) is 0 Å². The molecule has 0 aromatic heterocycles. The second-order valence-electron chi connectivity index (χ2n) is 7.09. The van der Waals surface area contributed by atoms with Crippen LogP contribution in [0.2, 0.25) is 0 Å². The van der Waals surface area contributed by atoms with Gasteiger partial charge >= 0.3 is 0 Å². The van der Waals surface area contributed by atoms with Crippen LogP contribution in [0.3, 0.4) is 0 Å². The van der Waals surface area contributed by atoms with Crippen molar-refractivity contribution in [1.29, 1.82) is 0 Å². The van der Waals surface area contributed by atoms with Gasteiger partial charge < -0.3 is 10.2 Å². The first-order valence-corrected chi connectivity index (χ1v) is 8.68. The minimum Gasteiger partial charge on any atom is -0.314 e. The molecule has 3 atom stereocenters. The van der Waals surface area contributed by atoms with Crippen LogP contribution in [0, 0.1) is 11.8 Å². The molecule has 2 rings (SSSR count). The topological polar surface area (TPSA) is 15.3 Å². The van der Waals surface area contributed by atoms with Gasteiger partial charge in [-0.3, -0.25) is 0 Å². The van der Waals surface area contributed by atoms with Gasteiger partial charge in [-0.1, -0.05) is 33.6 Å². The fourth-order valence-electron chi connectivity index (χ4n) is 3.87. The average Bonchev–Trinajstić information content (AvgIpc) is 2.54. The Morgan fingerprint density at radius 3 is 2.58 bits per heavy atom. The first-order chi connectivity index (χ1) is 9.20. The summed E-state index contributed by atoms with van der Waals surface area (Å²) in [6.07, 6.45) is 10.1. The highest BCUT2D eigenvalue weighted by atomic mass is 15.2. The van der Waals surface area contributed by atoms with Crippen molar-refractivity contribution < 1.29 is 0 Å². The van der Waals surface area contributed by atoms with E-state index in [0.717, 1.165) is 17.9 Å². The zero-order valence-electron chi connectivity index (χ0n) is 13.3. The summed E-state index contributed by atoms with van der Waals surface area (Å²) in [4.78, 5) is 2.83. The van der Waals surface area contributed by atoms with Gasteiger partial charge in [0.2, 0.25) is 0 Å². The van der Waals surface area contributed by atoms with Crippen LogP contribution >= 0.6 is 0 Å². The summed E-state index contributed by atoms with van der Waals surface area (Å²) < 4.78 is 0. The third-order valence-electron chi connectivity index (χ3n) is 5.21. The lowest BCUT2D eigenvalue weighted by Gasteiger charge is -2.44. The van der Waals surface area contributed by atoms with E-state index in [1.807, 2.05) is 0 Å². The van der Waals surface area contributed by atoms with Gasteiger partial charge in [-0.2, -0.15) is 0 Å². The fourth-order valence-corrected chi connectivity index (χ4v) is 3.87. The number of hydrogen-bond donors (Lipinski definition) is 1. The van der Waals surface area contributed by atoms with Crippen LogP contribution in [-0.4, -0.2) is 36.6 Å². The molecule has 1 aliphatic heterocycles. The fraction of sp³-hybridized carbons (Fsp3) is 1.00. The second kappa shape index (κ2) is 7.64. The lowest BCUT2D eigenvalue weighted by molar-refractivity contribution is 0.0626. The molecule has 2 nitrogen and oxygen atoms in total. The van der Waals surface area contributed by atoms with E-state index < -0.39 is 0 Å². The Morgan fingerprint density at radius 2 is 1.95 bits per heavy atom. The molecule has 2 fully saturated rings. The van der Waals surface area contributed by atoms with Crippen molar-refractivity contribution >= 4 is 0 Å². The van der Waals surface area contributed by atoms with E-state index in [1.54, 1.807) is 0 Å². The molecule has 1 saturated carbocycles. The van der Waals surface area contributed by atoms with Gasteiger partial charge in [0, 0.05) is 12.1 Å². The number of likely N-dealkylation sites (tertiary alicyclic amines) is 1. The molecule has 2 aliphatic rings. The zero-order chi connectivity index (χ0) is 13.7. The molecular formula is C17H34N2. The number of hydrogen-bond acceptors (Lipinski definition) is 2. The van der Waals surface area contributed by atoms with Crippen LogP contribution in [0.1, 0.15) is 65.7 Å². The van der Waals surface area contributed by atoms with Crippen LogP contribution in [-0.2, 0) is 0 Å². The Labute approximate surface area is 120 Å². The minimum atomic E-state index is 0.638. The predicted octanol–water partition coefficient (Wildman–Crippen LogP) is 3.67. The normalized spacial score (nSPS) is 33.2. The summed E-state index contributed by atoms with van der Waals surface area (Å²) >= 11 is 0. The maximum Gasteiger partial charge on any atom is 0.0136 e. The molecule has 1 N–H and O–H groups in total. The van der Waals surface area contributed by atoms with Gasteiger partial charge in [0.05, 0.1) is 0 Å². The van der Waals surface area contributed by atoms with Crippen molar-refractivity contribution in [2.45, 2.75) is 77.8 Å². The molecule has 0 aromatic carbocycles. The maximum absolute atomic E-state index is 3.63. The molecule has 112 valence electrons. The van der Waals surface area contributed by atoms with Gasteiger partial charge in [0.25, 0.3) is 0 Å². The summed E-state index contributed by atoms with van der Waals surface area (Å²) in [6.45, 7) is 10.8. The molecule has 0 radical (unpaired) electrons. The third-order valence-corrected chi connectivity index (χ3v) is 5.21. The van der Waals surface area contributed by atoms with Gasteiger partial charge in [-0.15, -0.1) is 0 Å². The van der Waals surface area contributed by atoms with Crippen molar-refractivity contribution in [1.82, 2.24) is 10.2 Å². The first kappa shape index (κ1) is 15.3. The summed E-state index contributed by atoms with van der Waals surface area (Å²) in [5.41, 5.74) is 0. The maximum atomic E-state index is 3.63. The second-order valence-corrected chi connectivity index (χ2v) is 7.09. The van der Waals surface area contributed by atoms with Gasteiger partial charge in [-0.25, -0.2) is 0 Å². The van der Waals surface area contributed by atoms with Crippen LogP contribution in [0.15, 0.2) is 0 Å². The summed E-state index contributed by atoms with van der Waals surface area (Å²) in [7, 11) is 0. The summed E-state index contributed by atoms with van der Waals surface area (Å²) in [6, 6.07) is 1.53. The Balaban J connectivity index is 1.75. The van der Waals surface area contributed by atoms with E-state index in [1.165, 1.54) is 64.6 Å². The predicted molar refractivity (Wildman–Crippen MR) is 83.5 cm³/mol. The standard InChI is InChI=1S/C17H34N2/c1-4-6-15-7-5-11-19(12-10-15)17-9-8-16(17)13-18-14(2)3/h14-18H,4-13H2,1-3H3. The first-order valence-electron chi connectivity index (χ1n) is 8.68. The summed E-state index contributed by atoms with van der Waals surface area (Å²) in [5, 5.41) is 3.63. The number of nitrogens with zero attached hydrogens (tertiary/aromatic N) is 1. The number of rotatable bonds is 6. The minimum absolute atomic E-state index is 0.638. The van der Waals surface area contributed by atoms with Crippen LogP contribution < -0.4 is 5.32 Å². The number of nitrogens with one attached hydrogen (secondary N) is 1. The lowest BCUT2D eigenvalue weighted by Crippen LogP contribution is -2.51. The smallest absolute Gasteiger partial charge is 0.0136 e. The molecule has 2 heteroatoms. The highest BCUT2D eigenvalue weighted by molar-refractivity contribution is 4.91. The van der Waals surface area contributed by atoms with Crippen molar-refractivity contribution in [2.24, 2.45) is 11.8 Å². The SMILES string of the molecule is CCCC1CCCN(C2CCC2CNC(C)C)CC1. The van der Waals surface area contributed by atoms with Crippen molar-refractivity contribution in [3.63, 3.8) is 0 Å². The largest absolute Gasteiger partial charge is 0.314 e. The molecule has 1 aliphatic carbocycles. The summed E-state index contributed by atoms with van der Waals surface area (Å²) in [5.74, 6) is 1.94. The van der Waals surface area contributed by atoms with E-state index in [2.05, 4.69) is 31.0 Å². The van der Waals surface area contributed by atoms with Gasteiger partial charge in [0.1, 0.15) is 0 Å². The van der Waals surface area contributed by atoms with E-state index in [4.69, 9.17) is 0 Å². The average molecular weight is 266 g/mol. The molecule has 0 amide bonds. The molecule has 3 unspecified atom stereocenters. The van der Waals surface area contributed by atoms with Crippen molar-refractivity contribution in [3.8, 4) is 0 Å². The van der Waals surface area contributed by atoms with Gasteiger partial charge in [0.15, 0.2) is 0 Å². The highest BCUT2D eigenvalue weighted by Crippen LogP contribution is 2.34. The van der Waals surface area contributed by atoms with Crippen molar-refractivity contribution in [2.75, 3.05) is 19.6 Å². The van der Waals surface area contributed by atoms with Crippen LogP contribution in [0.5, 0.6) is 0 Å². The Kier molecular flexibility index (Phi) is 6.15. The molecule has 0 aromatic rings. The molecule has 0 bridgehead atoms. The van der Waals surface area contributed by atoms with Gasteiger partial charge in [-0.05, 0) is 63.6 Å². The van der Waals surface area contributed by atoms with E-state index in [0.29, 0.717) is 6.04 Å². The molecule has 0 spiro atoms. The molecule has 19 heavy (non-hydrogen) atoms. The lowest BCUT2D eigenvalue weighted by atomic mass is 9.78. The Morgan fingerprint density at radius 1 is 1.11 bits per heavy atom. The quantitative estimate of drug-likeness (QED) is 0.789.